The van der Waals surface area contributed by atoms with Crippen molar-refractivity contribution in [3.05, 3.63) is 18.0 Å². The van der Waals surface area contributed by atoms with Gasteiger partial charge in [-0.3, -0.25) is 14.3 Å². The van der Waals surface area contributed by atoms with Gasteiger partial charge in [-0.25, -0.2) is 0 Å². The highest BCUT2D eigenvalue weighted by molar-refractivity contribution is 5.96. The minimum Gasteiger partial charge on any atom is -0.339 e. The molecular formula is C17H23N3O2. The van der Waals surface area contributed by atoms with E-state index in [4.69, 9.17) is 0 Å². The van der Waals surface area contributed by atoms with Crippen molar-refractivity contribution in [2.24, 2.45) is 24.8 Å². The number of likely N-dealkylation sites (tertiary alicyclic amines) is 1. The van der Waals surface area contributed by atoms with Crippen molar-refractivity contribution >= 4 is 11.7 Å². The van der Waals surface area contributed by atoms with Crippen molar-refractivity contribution in [3.8, 4) is 0 Å². The second-order valence-electron chi connectivity index (χ2n) is 7.20. The van der Waals surface area contributed by atoms with Gasteiger partial charge < -0.3 is 4.90 Å². The summed E-state index contributed by atoms with van der Waals surface area (Å²) in [5.74, 6) is 2.17. The van der Waals surface area contributed by atoms with E-state index in [1.807, 2.05) is 11.9 Å². The van der Waals surface area contributed by atoms with E-state index in [0.29, 0.717) is 23.8 Å². The first kappa shape index (κ1) is 14.0. The third-order valence-corrected chi connectivity index (χ3v) is 5.49. The lowest BCUT2D eigenvalue weighted by atomic mass is 10.0. The van der Waals surface area contributed by atoms with Crippen LogP contribution in [0.4, 0.5) is 0 Å². The van der Waals surface area contributed by atoms with Crippen LogP contribution in [-0.2, 0) is 11.8 Å². The fourth-order valence-corrected chi connectivity index (χ4v) is 3.99. The van der Waals surface area contributed by atoms with Gasteiger partial charge in [0.05, 0.1) is 11.8 Å². The molecule has 118 valence electrons. The predicted molar refractivity (Wildman–Crippen MR) is 81.2 cm³/mol. The van der Waals surface area contributed by atoms with Gasteiger partial charge >= 0.3 is 0 Å². The average molecular weight is 301 g/mol. The van der Waals surface area contributed by atoms with Crippen molar-refractivity contribution in [1.29, 1.82) is 0 Å². The summed E-state index contributed by atoms with van der Waals surface area (Å²) in [6, 6.07) is 0.0978. The Morgan fingerprint density at radius 2 is 2.14 bits per heavy atom. The zero-order valence-corrected chi connectivity index (χ0v) is 13.1. The van der Waals surface area contributed by atoms with E-state index < -0.39 is 0 Å². The Morgan fingerprint density at radius 3 is 2.82 bits per heavy atom. The number of carbonyl (C=O) groups excluding carboxylic acids is 2. The molecule has 4 rings (SSSR count). The highest BCUT2D eigenvalue weighted by atomic mass is 16.2. The molecule has 2 aliphatic carbocycles. The van der Waals surface area contributed by atoms with Crippen LogP contribution < -0.4 is 0 Å². The Labute approximate surface area is 130 Å². The van der Waals surface area contributed by atoms with E-state index in [2.05, 4.69) is 5.10 Å². The molecular weight excluding hydrogens is 278 g/mol. The lowest BCUT2D eigenvalue weighted by molar-refractivity contribution is -0.133. The highest BCUT2D eigenvalue weighted by Gasteiger charge is 2.53. The number of hydrogen-bond acceptors (Lipinski definition) is 3. The van der Waals surface area contributed by atoms with E-state index in [1.54, 1.807) is 17.1 Å². The molecule has 22 heavy (non-hydrogen) atoms. The lowest BCUT2D eigenvalue weighted by Crippen LogP contribution is -2.38. The Hall–Kier alpha value is -1.65. The molecule has 0 radical (unpaired) electrons. The van der Waals surface area contributed by atoms with Gasteiger partial charge in [-0.1, -0.05) is 0 Å². The zero-order valence-electron chi connectivity index (χ0n) is 13.1. The molecule has 1 amide bonds. The number of amides is 1. The molecule has 0 aromatic carbocycles. The van der Waals surface area contributed by atoms with Gasteiger partial charge in [0.15, 0.2) is 5.78 Å². The minimum atomic E-state index is 0.0978. The van der Waals surface area contributed by atoms with E-state index in [9.17, 15) is 9.59 Å². The maximum Gasteiger partial charge on any atom is 0.226 e. The predicted octanol–water partition coefficient (Wildman–Crippen LogP) is 2.03. The SMILES string of the molecule is Cn1cc(C(=O)CC2CCCN2C(=O)C2CC2C2CC2)cn1. The minimum absolute atomic E-state index is 0.0978. The highest BCUT2D eigenvalue weighted by Crippen LogP contribution is 2.55. The van der Waals surface area contributed by atoms with Crippen LogP contribution in [0.1, 0.15) is 48.9 Å². The quantitative estimate of drug-likeness (QED) is 0.782. The van der Waals surface area contributed by atoms with E-state index in [1.165, 1.54) is 12.8 Å². The number of ketones is 1. The molecule has 5 heteroatoms. The molecule has 1 aromatic heterocycles. The van der Waals surface area contributed by atoms with E-state index in [0.717, 1.165) is 31.7 Å². The van der Waals surface area contributed by atoms with E-state index in [-0.39, 0.29) is 17.7 Å². The third-order valence-electron chi connectivity index (χ3n) is 5.49. The monoisotopic (exact) mass is 301 g/mol. The van der Waals surface area contributed by atoms with Gasteiger partial charge in [0.25, 0.3) is 0 Å². The standard InChI is InChI=1S/C17H23N3O2/c1-19-10-12(9-18-19)16(21)7-13-3-2-6-20(13)17(22)15-8-14(15)11-4-5-11/h9-11,13-15H,2-8H2,1H3. The summed E-state index contributed by atoms with van der Waals surface area (Å²) in [5.41, 5.74) is 0.657. The van der Waals surface area contributed by atoms with Crippen LogP contribution >= 0.6 is 0 Å². The summed E-state index contributed by atoms with van der Waals surface area (Å²) < 4.78 is 1.65. The number of nitrogens with zero attached hydrogens (tertiary/aromatic N) is 3. The number of hydrogen-bond donors (Lipinski definition) is 0. The third kappa shape index (κ3) is 2.57. The van der Waals surface area contributed by atoms with Crippen LogP contribution in [0, 0.1) is 17.8 Å². The number of aryl methyl sites for hydroxylation is 1. The van der Waals surface area contributed by atoms with Crippen LogP contribution in [0.25, 0.3) is 0 Å². The van der Waals surface area contributed by atoms with Gasteiger partial charge in [0, 0.05) is 38.2 Å². The van der Waals surface area contributed by atoms with E-state index >= 15 is 0 Å². The summed E-state index contributed by atoms with van der Waals surface area (Å²) >= 11 is 0. The lowest BCUT2D eigenvalue weighted by Gasteiger charge is -2.24. The van der Waals surface area contributed by atoms with Crippen LogP contribution in [-0.4, -0.2) is 39.0 Å². The average Bonchev–Trinajstić information content (AvgIpc) is 3.38. The summed E-state index contributed by atoms with van der Waals surface area (Å²) in [7, 11) is 1.81. The molecule has 1 aliphatic heterocycles. The Bertz CT molecular complexity index is 605. The van der Waals surface area contributed by atoms with Gasteiger partial charge in [0.1, 0.15) is 0 Å². The summed E-state index contributed by atoms with van der Waals surface area (Å²) in [6.07, 6.45) is 9.52. The molecule has 0 spiro atoms. The van der Waals surface area contributed by atoms with Crippen LogP contribution in [0.2, 0.25) is 0 Å². The number of carbonyl (C=O) groups is 2. The normalized spacial score (nSPS) is 30.6. The van der Waals surface area contributed by atoms with Gasteiger partial charge in [-0.15, -0.1) is 0 Å². The molecule has 3 aliphatic rings. The Morgan fingerprint density at radius 1 is 1.32 bits per heavy atom. The topological polar surface area (TPSA) is 55.2 Å². The smallest absolute Gasteiger partial charge is 0.226 e. The molecule has 5 nitrogen and oxygen atoms in total. The summed E-state index contributed by atoms with van der Waals surface area (Å²) in [4.78, 5) is 27.0. The van der Waals surface area contributed by atoms with Crippen molar-refractivity contribution in [1.82, 2.24) is 14.7 Å². The van der Waals surface area contributed by atoms with Gasteiger partial charge in [0.2, 0.25) is 5.91 Å². The van der Waals surface area contributed by atoms with Gasteiger partial charge in [-0.05, 0) is 43.9 Å². The first-order chi connectivity index (χ1) is 10.6. The molecule has 0 N–H and O–H groups in total. The fourth-order valence-electron chi connectivity index (χ4n) is 3.99. The van der Waals surface area contributed by atoms with Crippen molar-refractivity contribution < 1.29 is 9.59 Å². The summed E-state index contributed by atoms with van der Waals surface area (Å²) in [6.45, 7) is 0.831. The molecule has 3 fully saturated rings. The first-order valence-electron chi connectivity index (χ1n) is 8.46. The van der Waals surface area contributed by atoms with Crippen molar-refractivity contribution in [2.45, 2.75) is 44.6 Å². The second-order valence-corrected chi connectivity index (χ2v) is 7.20. The molecule has 3 unspecified atom stereocenters. The molecule has 1 saturated heterocycles. The van der Waals surface area contributed by atoms with Crippen molar-refractivity contribution in [3.63, 3.8) is 0 Å². The maximum absolute atomic E-state index is 12.7. The molecule has 2 saturated carbocycles. The first-order valence-corrected chi connectivity index (χ1v) is 8.46. The molecule has 3 atom stereocenters. The van der Waals surface area contributed by atoms with Crippen molar-refractivity contribution in [2.75, 3.05) is 6.54 Å². The summed E-state index contributed by atoms with van der Waals surface area (Å²) in [5, 5.41) is 4.06. The Kier molecular flexibility index (Phi) is 3.31. The molecule has 0 bridgehead atoms. The largest absolute Gasteiger partial charge is 0.339 e. The Balaban J connectivity index is 1.38. The number of rotatable bonds is 5. The van der Waals surface area contributed by atoms with Crippen LogP contribution in [0.5, 0.6) is 0 Å². The zero-order chi connectivity index (χ0) is 15.3. The molecule has 1 aromatic rings. The van der Waals surface area contributed by atoms with Crippen LogP contribution in [0.15, 0.2) is 12.4 Å². The number of aromatic nitrogens is 2. The maximum atomic E-state index is 12.7. The fraction of sp³-hybridized carbons (Fsp3) is 0.706. The van der Waals surface area contributed by atoms with Gasteiger partial charge in [-0.2, -0.15) is 5.10 Å². The van der Waals surface area contributed by atoms with Crippen LogP contribution in [0.3, 0.4) is 0 Å². The number of Topliss-reactive ketones (excluding diaryl/α,β-unsaturated/α-hetero) is 1. The second kappa shape index (κ2) is 5.21. The molecule has 2 heterocycles.